The lowest BCUT2D eigenvalue weighted by molar-refractivity contribution is 0.109. The first-order valence-corrected chi connectivity index (χ1v) is 6.15. The molecule has 0 unspecified atom stereocenters. The molecular weight excluding hydrogens is 218 g/mol. The summed E-state index contributed by atoms with van der Waals surface area (Å²) >= 11 is 0. The Morgan fingerprint density at radius 1 is 1.47 bits per heavy atom. The van der Waals surface area contributed by atoms with Crippen molar-refractivity contribution in [3.05, 3.63) is 17.9 Å². The zero-order chi connectivity index (χ0) is 10.9. The van der Waals surface area contributed by atoms with Crippen molar-refractivity contribution in [2.45, 2.75) is 17.9 Å². The largest absolute Gasteiger partial charge is 0.440 e. The number of rotatable bonds is 5. The molecule has 0 amide bonds. The number of sulfonamides is 1. The topological polar surface area (TPSA) is 76.4 Å². The number of carbonyl (C=O) groups is 1. The van der Waals surface area contributed by atoms with Crippen molar-refractivity contribution in [2.75, 3.05) is 6.54 Å². The Kier molecular flexibility index (Phi) is 2.62. The Morgan fingerprint density at radius 2 is 2.20 bits per heavy atom. The van der Waals surface area contributed by atoms with Crippen molar-refractivity contribution in [3.8, 4) is 0 Å². The van der Waals surface area contributed by atoms with E-state index in [9.17, 15) is 13.2 Å². The Bertz CT molecular complexity index is 458. The molecule has 82 valence electrons. The predicted molar refractivity (Wildman–Crippen MR) is 52.0 cm³/mol. The van der Waals surface area contributed by atoms with Crippen molar-refractivity contribution in [2.24, 2.45) is 5.92 Å². The van der Waals surface area contributed by atoms with Crippen LogP contribution in [0.2, 0.25) is 0 Å². The van der Waals surface area contributed by atoms with E-state index in [2.05, 4.69) is 4.72 Å². The van der Waals surface area contributed by atoms with Crippen molar-refractivity contribution in [1.29, 1.82) is 0 Å². The van der Waals surface area contributed by atoms with Crippen molar-refractivity contribution in [3.63, 3.8) is 0 Å². The molecule has 1 aromatic heterocycles. The molecule has 1 saturated carbocycles. The predicted octanol–water partition coefficient (Wildman–Crippen LogP) is 0.780. The SMILES string of the molecule is O=Cc1ccc(S(=O)(=O)NCC2CC2)o1. The third-order valence-electron chi connectivity index (χ3n) is 2.24. The lowest BCUT2D eigenvalue weighted by Gasteiger charge is -2.01. The molecule has 0 radical (unpaired) electrons. The maximum atomic E-state index is 11.6. The number of carbonyl (C=O) groups excluding carboxylic acids is 1. The fourth-order valence-corrected chi connectivity index (χ4v) is 2.21. The molecule has 5 nitrogen and oxygen atoms in total. The summed E-state index contributed by atoms with van der Waals surface area (Å²) in [6.07, 6.45) is 2.61. The van der Waals surface area contributed by atoms with Gasteiger partial charge in [0, 0.05) is 6.54 Å². The van der Waals surface area contributed by atoms with Gasteiger partial charge in [-0.2, -0.15) is 0 Å². The van der Waals surface area contributed by atoms with Gasteiger partial charge in [0.25, 0.3) is 10.0 Å². The number of nitrogens with one attached hydrogen (secondary N) is 1. The van der Waals surface area contributed by atoms with Crippen LogP contribution in [0.3, 0.4) is 0 Å². The summed E-state index contributed by atoms with van der Waals surface area (Å²) in [4.78, 5) is 10.3. The van der Waals surface area contributed by atoms with E-state index in [4.69, 9.17) is 4.42 Å². The standard InChI is InChI=1S/C9H11NO4S/c11-6-8-3-4-9(14-8)15(12,13)10-5-7-1-2-7/h3-4,6-7,10H,1-2,5H2. The lowest BCUT2D eigenvalue weighted by atomic mass is 10.4. The molecule has 0 aliphatic heterocycles. The Morgan fingerprint density at radius 3 is 2.73 bits per heavy atom. The van der Waals surface area contributed by atoms with E-state index >= 15 is 0 Å². The second-order valence-corrected chi connectivity index (χ2v) is 5.27. The Balaban J connectivity index is 2.08. The van der Waals surface area contributed by atoms with Crippen LogP contribution >= 0.6 is 0 Å². The summed E-state index contributed by atoms with van der Waals surface area (Å²) in [5.41, 5.74) is 0. The van der Waals surface area contributed by atoms with Crippen molar-refractivity contribution in [1.82, 2.24) is 4.72 Å². The zero-order valence-electron chi connectivity index (χ0n) is 7.97. The summed E-state index contributed by atoms with van der Waals surface area (Å²) < 4.78 is 30.4. The number of aldehydes is 1. The maximum absolute atomic E-state index is 11.6. The van der Waals surface area contributed by atoms with Gasteiger partial charge in [0.15, 0.2) is 12.0 Å². The zero-order valence-corrected chi connectivity index (χ0v) is 8.79. The maximum Gasteiger partial charge on any atom is 0.273 e. The number of hydrogen-bond donors (Lipinski definition) is 1. The fraction of sp³-hybridized carbons (Fsp3) is 0.444. The molecule has 1 aromatic rings. The first-order valence-electron chi connectivity index (χ1n) is 4.66. The highest BCUT2D eigenvalue weighted by Gasteiger charge is 2.25. The van der Waals surface area contributed by atoms with E-state index in [1.54, 1.807) is 0 Å². The lowest BCUT2D eigenvalue weighted by Crippen LogP contribution is -2.25. The Labute approximate surface area is 87.5 Å². The molecular formula is C9H11NO4S. The van der Waals surface area contributed by atoms with Gasteiger partial charge in [-0.25, -0.2) is 13.1 Å². The van der Waals surface area contributed by atoms with Crippen LogP contribution in [-0.4, -0.2) is 21.2 Å². The molecule has 0 atom stereocenters. The van der Waals surface area contributed by atoms with Gasteiger partial charge in [0.1, 0.15) is 0 Å². The number of hydrogen-bond acceptors (Lipinski definition) is 4. The molecule has 0 aromatic carbocycles. The molecule has 1 fully saturated rings. The van der Waals surface area contributed by atoms with Crippen LogP contribution in [0, 0.1) is 5.92 Å². The van der Waals surface area contributed by atoms with Gasteiger partial charge in [-0.05, 0) is 30.9 Å². The molecule has 1 heterocycles. The second-order valence-electron chi connectivity index (χ2n) is 3.57. The summed E-state index contributed by atoms with van der Waals surface area (Å²) in [5.74, 6) is 0.474. The van der Waals surface area contributed by atoms with Crippen molar-refractivity contribution < 1.29 is 17.6 Å². The molecule has 1 N–H and O–H groups in total. The van der Waals surface area contributed by atoms with Gasteiger partial charge in [0.2, 0.25) is 5.09 Å². The normalized spacial score (nSPS) is 16.5. The summed E-state index contributed by atoms with van der Waals surface area (Å²) in [6.45, 7) is 0.444. The molecule has 0 saturated heterocycles. The van der Waals surface area contributed by atoms with Crippen LogP contribution in [0.4, 0.5) is 0 Å². The van der Waals surface area contributed by atoms with Gasteiger partial charge in [-0.3, -0.25) is 4.79 Å². The minimum Gasteiger partial charge on any atom is -0.440 e. The van der Waals surface area contributed by atoms with Crippen molar-refractivity contribution >= 4 is 16.3 Å². The minimum atomic E-state index is -3.58. The molecule has 2 rings (SSSR count). The van der Waals surface area contributed by atoms with Gasteiger partial charge < -0.3 is 4.42 Å². The van der Waals surface area contributed by atoms with Crippen LogP contribution in [0.25, 0.3) is 0 Å². The van der Waals surface area contributed by atoms with Crippen LogP contribution in [0.5, 0.6) is 0 Å². The van der Waals surface area contributed by atoms with E-state index in [-0.39, 0.29) is 10.9 Å². The molecule has 1 aliphatic rings. The Hall–Kier alpha value is -1.14. The first-order chi connectivity index (χ1) is 7.12. The van der Waals surface area contributed by atoms with E-state index in [0.29, 0.717) is 18.7 Å². The first kappa shape index (κ1) is 10.4. The van der Waals surface area contributed by atoms with Gasteiger partial charge in [-0.1, -0.05) is 0 Å². The van der Waals surface area contributed by atoms with E-state index in [1.807, 2.05) is 0 Å². The van der Waals surface area contributed by atoms with E-state index < -0.39 is 10.0 Å². The molecule has 0 spiro atoms. The molecule has 0 bridgehead atoms. The molecule has 6 heteroatoms. The van der Waals surface area contributed by atoms with Gasteiger partial charge in [0.05, 0.1) is 0 Å². The van der Waals surface area contributed by atoms with Crippen LogP contribution in [-0.2, 0) is 10.0 Å². The van der Waals surface area contributed by atoms with Gasteiger partial charge in [-0.15, -0.1) is 0 Å². The van der Waals surface area contributed by atoms with Crippen LogP contribution in [0.1, 0.15) is 23.4 Å². The van der Waals surface area contributed by atoms with Crippen LogP contribution < -0.4 is 4.72 Å². The monoisotopic (exact) mass is 229 g/mol. The second kappa shape index (κ2) is 3.79. The summed E-state index contributed by atoms with van der Waals surface area (Å²) in [7, 11) is -3.58. The van der Waals surface area contributed by atoms with E-state index in [0.717, 1.165) is 12.8 Å². The minimum absolute atomic E-state index is 0.0156. The highest BCUT2D eigenvalue weighted by molar-refractivity contribution is 7.89. The third-order valence-corrected chi connectivity index (χ3v) is 3.54. The smallest absolute Gasteiger partial charge is 0.273 e. The molecule has 15 heavy (non-hydrogen) atoms. The van der Waals surface area contributed by atoms with Crippen LogP contribution in [0.15, 0.2) is 21.6 Å². The van der Waals surface area contributed by atoms with E-state index in [1.165, 1.54) is 12.1 Å². The highest BCUT2D eigenvalue weighted by atomic mass is 32.2. The average Bonchev–Trinajstić information content (AvgIpc) is 2.90. The fourth-order valence-electron chi connectivity index (χ4n) is 1.16. The van der Waals surface area contributed by atoms with Gasteiger partial charge >= 0.3 is 0 Å². The average molecular weight is 229 g/mol. The highest BCUT2D eigenvalue weighted by Crippen LogP contribution is 2.28. The number of furan rings is 1. The summed E-state index contributed by atoms with van der Waals surface area (Å²) in [5, 5.41) is -0.203. The quantitative estimate of drug-likeness (QED) is 0.757. The molecule has 1 aliphatic carbocycles. The summed E-state index contributed by atoms with van der Waals surface area (Å²) in [6, 6.07) is 2.61. The third kappa shape index (κ3) is 2.45.